The summed E-state index contributed by atoms with van der Waals surface area (Å²) in [5.41, 5.74) is 9.88. The monoisotopic (exact) mass is 1150 g/mol. The number of fused-ring (bicyclic) bond motifs is 4. The molecule has 23 heteroatoms. The van der Waals surface area contributed by atoms with Crippen molar-refractivity contribution in [3.8, 4) is 0 Å². The maximum Gasteiger partial charge on any atom is 0.219 e. The van der Waals surface area contributed by atoms with Crippen LogP contribution in [-0.2, 0) is 34.9 Å². The second kappa shape index (κ2) is 23.5. The Labute approximate surface area is 470 Å². The van der Waals surface area contributed by atoms with Crippen LogP contribution < -0.4 is 19.6 Å². The van der Waals surface area contributed by atoms with Crippen molar-refractivity contribution in [2.45, 2.75) is 59.2 Å². The van der Waals surface area contributed by atoms with Gasteiger partial charge in [0.2, 0.25) is 36.0 Å². The topological polar surface area (TPSA) is 221 Å². The van der Waals surface area contributed by atoms with Crippen LogP contribution in [0.5, 0.6) is 0 Å². The molecule has 4 aliphatic heterocycles. The normalized spacial score (nSPS) is 19.8. The molecule has 4 aromatic heterocycles. The number of rotatable bonds is 7. The van der Waals surface area contributed by atoms with Crippen LogP contribution in [0.2, 0.25) is 0 Å². The van der Waals surface area contributed by atoms with Gasteiger partial charge in [-0.3, -0.25) is 9.89 Å². The summed E-state index contributed by atoms with van der Waals surface area (Å²) in [4.78, 5) is 32.3. The van der Waals surface area contributed by atoms with E-state index in [1.54, 1.807) is 15.5 Å². The number of benzene rings is 4. The minimum atomic E-state index is -3.17. The van der Waals surface area contributed by atoms with Crippen LogP contribution in [0.4, 0.5) is 22.7 Å². The van der Waals surface area contributed by atoms with Gasteiger partial charge in [-0.25, -0.2) is 25.3 Å². The number of sulfonamides is 3. The average molecular weight is 1150 g/mol. The lowest BCUT2D eigenvalue weighted by molar-refractivity contribution is -0.131. The average Bonchev–Trinajstić information content (AvgIpc) is 4.26. The van der Waals surface area contributed by atoms with Crippen LogP contribution in [0.1, 0.15) is 40.2 Å². The first kappa shape index (κ1) is 58.0. The number of anilines is 4. The van der Waals surface area contributed by atoms with E-state index in [-0.39, 0.29) is 18.0 Å². The Morgan fingerprint density at radius 1 is 0.537 bits per heavy atom. The van der Waals surface area contributed by atoms with Crippen molar-refractivity contribution >= 4 is 102 Å². The van der Waals surface area contributed by atoms with E-state index < -0.39 is 35.6 Å². The minimum absolute atomic E-state index is 0.00653. The molecular formula is C57H77N13O7S3. The highest BCUT2D eigenvalue weighted by Gasteiger charge is 2.39. The maximum atomic E-state index is 11.9. The van der Waals surface area contributed by atoms with Crippen LogP contribution in [0.25, 0.3) is 43.6 Å². The number of hydrogen-bond acceptors (Lipinski definition) is 12. The first-order chi connectivity index (χ1) is 37.9. The summed E-state index contributed by atoms with van der Waals surface area (Å²) >= 11 is 0. The predicted octanol–water partition coefficient (Wildman–Crippen LogP) is 6.84. The Balaban J connectivity index is 0.000000129. The molecule has 80 heavy (non-hydrogen) atoms. The smallest absolute Gasteiger partial charge is 0.219 e. The van der Waals surface area contributed by atoms with Gasteiger partial charge >= 0.3 is 0 Å². The van der Waals surface area contributed by atoms with E-state index in [1.165, 1.54) is 61.7 Å². The van der Waals surface area contributed by atoms with Crippen molar-refractivity contribution in [3.05, 3.63) is 115 Å². The van der Waals surface area contributed by atoms with E-state index in [2.05, 4.69) is 131 Å². The van der Waals surface area contributed by atoms with Crippen LogP contribution in [-0.4, -0.2) is 196 Å². The molecule has 2 unspecified atom stereocenters. The summed E-state index contributed by atoms with van der Waals surface area (Å²) in [5, 5.41) is 11.8. The van der Waals surface area contributed by atoms with Gasteiger partial charge in [0.15, 0.2) is 0 Å². The third-order valence-electron chi connectivity index (χ3n) is 15.7. The van der Waals surface area contributed by atoms with E-state index >= 15 is 0 Å². The summed E-state index contributed by atoms with van der Waals surface area (Å²) in [6.07, 6.45) is 11.5. The summed E-state index contributed by atoms with van der Waals surface area (Å²) in [6, 6.07) is 29.4. The van der Waals surface area contributed by atoms with Gasteiger partial charge < -0.3 is 39.5 Å². The standard InChI is InChI=1S/C15H21N3O2S.C15H19N3O.C14H19N3O2S.C13H18N4O2S/c1-15(2)11-17(9-10-18(15)21(3,19)20)14-6-4-5-13-12(14)7-8-16-13;1-11-10-17(8-9-18(11)12(2)19)15-5-3-4-14-13(15)6-7-16-14;1-11-10-16(8-9-17(11)20(2,18)19)14-5-3-4-13-12(14)6-7-15-13;1-10-7-12-11(9-14-15-12)13(8-10)16-3-5-17(6-4-16)20(2,18)19/h4-8,16H,9-11H2,1-3H3;3-7,11,16H,8-10H2,1-2H3;3-7,11,15H,8-10H2,1-2H3;7-9H,3-6H2,1-2H3,(H,14,15). The van der Waals surface area contributed by atoms with Gasteiger partial charge in [-0.05, 0) is 107 Å². The second-order valence-corrected chi connectivity index (χ2v) is 28.0. The van der Waals surface area contributed by atoms with Gasteiger partial charge in [0.05, 0.1) is 30.5 Å². The van der Waals surface area contributed by atoms with E-state index in [9.17, 15) is 30.0 Å². The molecule has 430 valence electrons. The molecule has 4 fully saturated rings. The Kier molecular flexibility index (Phi) is 17.0. The molecule has 4 N–H and O–H groups in total. The number of carbonyl (C=O) groups is 1. The van der Waals surface area contributed by atoms with Crippen LogP contribution in [0, 0.1) is 6.92 Å². The Morgan fingerprint density at radius 2 is 1.02 bits per heavy atom. The van der Waals surface area contributed by atoms with Gasteiger partial charge in [-0.1, -0.05) is 18.2 Å². The quantitative estimate of drug-likeness (QED) is 0.129. The molecule has 4 saturated heterocycles. The van der Waals surface area contributed by atoms with Crippen LogP contribution in [0.15, 0.2) is 110 Å². The number of hydrogen-bond donors (Lipinski definition) is 4. The molecule has 0 spiro atoms. The van der Waals surface area contributed by atoms with Gasteiger partial charge in [0.1, 0.15) is 0 Å². The Hall–Kier alpha value is -6.63. The fourth-order valence-corrected chi connectivity index (χ4v) is 15.3. The summed E-state index contributed by atoms with van der Waals surface area (Å²) in [6.45, 7) is 20.7. The van der Waals surface area contributed by atoms with E-state index in [0.717, 1.165) is 66.0 Å². The number of amides is 1. The van der Waals surface area contributed by atoms with E-state index in [4.69, 9.17) is 0 Å². The number of aromatic nitrogens is 5. The first-order valence-corrected chi connectivity index (χ1v) is 32.7. The molecule has 0 saturated carbocycles. The zero-order valence-corrected chi connectivity index (χ0v) is 49.8. The molecule has 2 atom stereocenters. The fraction of sp³-hybridized carbons (Fsp3) is 0.439. The molecule has 20 nitrogen and oxygen atoms in total. The molecule has 8 heterocycles. The molecule has 4 aromatic carbocycles. The van der Waals surface area contributed by atoms with Crippen molar-refractivity contribution < 1.29 is 30.0 Å². The molecular weight excluding hydrogens is 1070 g/mol. The number of piperazine rings is 4. The second-order valence-electron chi connectivity index (χ2n) is 22.2. The lowest BCUT2D eigenvalue weighted by Crippen LogP contribution is -2.60. The number of nitrogens with zero attached hydrogens (tertiary/aromatic N) is 9. The van der Waals surface area contributed by atoms with Crippen LogP contribution in [0.3, 0.4) is 0 Å². The largest absolute Gasteiger partial charge is 0.368 e. The van der Waals surface area contributed by atoms with E-state index in [0.29, 0.717) is 52.4 Å². The minimum Gasteiger partial charge on any atom is -0.368 e. The highest BCUT2D eigenvalue weighted by atomic mass is 32.2. The molecule has 8 aromatic rings. The summed E-state index contributed by atoms with van der Waals surface area (Å²) in [7, 11) is -9.37. The first-order valence-electron chi connectivity index (χ1n) is 27.2. The SMILES string of the molecule is CC(=O)N1CCN(c2cccc3[nH]ccc23)CC1C.CC1(C)CN(c2cccc3[nH]ccc23)CCN1S(C)(=O)=O.CC1CN(c2cccc3[nH]ccc23)CCN1S(C)(=O)=O.Cc1cc(N2CCN(S(C)(=O)=O)CC2)c2cn[nH]c2c1. The highest BCUT2D eigenvalue weighted by Crippen LogP contribution is 2.34. The zero-order chi connectivity index (χ0) is 57.3. The highest BCUT2D eigenvalue weighted by molar-refractivity contribution is 7.88. The predicted molar refractivity (Wildman–Crippen MR) is 324 cm³/mol. The fourth-order valence-electron chi connectivity index (χ4n) is 12.0. The molecule has 12 rings (SSSR count). The van der Waals surface area contributed by atoms with Gasteiger partial charge in [0, 0.05) is 189 Å². The number of aromatic amines is 4. The molecule has 0 radical (unpaired) electrons. The maximum absolute atomic E-state index is 11.9. The van der Waals surface area contributed by atoms with Gasteiger partial charge in [0.25, 0.3) is 0 Å². The van der Waals surface area contributed by atoms with Crippen LogP contribution >= 0.6 is 0 Å². The lowest BCUT2D eigenvalue weighted by atomic mass is 10.0. The van der Waals surface area contributed by atoms with E-state index in [1.807, 2.05) is 62.6 Å². The zero-order valence-electron chi connectivity index (χ0n) is 47.3. The third kappa shape index (κ3) is 12.9. The van der Waals surface area contributed by atoms with Crippen molar-refractivity contribution in [3.63, 3.8) is 0 Å². The third-order valence-corrected chi connectivity index (χ3v) is 19.9. The number of H-pyrrole nitrogens is 4. The number of aryl methyl sites for hydroxylation is 1. The number of nitrogens with one attached hydrogen (secondary N) is 4. The number of carbonyl (C=O) groups excluding carboxylic acids is 1. The molecule has 1 amide bonds. The lowest BCUT2D eigenvalue weighted by Gasteiger charge is -2.46. The van der Waals surface area contributed by atoms with Gasteiger partial charge in [-0.15, -0.1) is 0 Å². The van der Waals surface area contributed by atoms with Crippen molar-refractivity contribution in [1.29, 1.82) is 0 Å². The van der Waals surface area contributed by atoms with Crippen molar-refractivity contribution in [2.75, 3.05) is 123 Å². The van der Waals surface area contributed by atoms with Crippen molar-refractivity contribution in [1.82, 2.24) is 43.0 Å². The summed E-state index contributed by atoms with van der Waals surface area (Å²) in [5.74, 6) is 0.173. The molecule has 0 bridgehead atoms. The summed E-state index contributed by atoms with van der Waals surface area (Å²) < 4.78 is 75.1. The van der Waals surface area contributed by atoms with Gasteiger partial charge in [-0.2, -0.15) is 18.0 Å². The Morgan fingerprint density at radius 3 is 1.49 bits per heavy atom. The Bertz CT molecular complexity index is 3810. The van der Waals surface area contributed by atoms with Crippen molar-refractivity contribution in [2.24, 2.45) is 0 Å². The molecule has 0 aliphatic carbocycles. The molecule has 4 aliphatic rings.